The van der Waals surface area contributed by atoms with Crippen LogP contribution in [-0.2, 0) is 10.0 Å². The third-order valence-electron chi connectivity index (χ3n) is 4.42. The number of benzene rings is 2. The van der Waals surface area contributed by atoms with E-state index in [-0.39, 0.29) is 29.6 Å². The third kappa shape index (κ3) is 4.19. The van der Waals surface area contributed by atoms with Crippen LogP contribution >= 0.6 is 12.4 Å². The monoisotopic (exact) mass is 416 g/mol. The van der Waals surface area contributed by atoms with E-state index in [1.165, 1.54) is 23.5 Å². The Morgan fingerprint density at radius 2 is 1.81 bits per heavy atom. The lowest BCUT2D eigenvalue weighted by molar-refractivity contribution is 0.264. The first-order valence-corrected chi connectivity index (χ1v) is 9.62. The second kappa shape index (κ2) is 8.88. The molecule has 0 spiro atoms. The van der Waals surface area contributed by atoms with E-state index in [0.717, 1.165) is 11.6 Å². The number of nitrogens with zero attached hydrogens (tertiary/aromatic N) is 1. The molecule has 1 aliphatic heterocycles. The predicted octanol–water partition coefficient (Wildman–Crippen LogP) is 2.60. The maximum atomic E-state index is 14.0. The van der Waals surface area contributed by atoms with Crippen molar-refractivity contribution in [1.29, 1.82) is 0 Å². The van der Waals surface area contributed by atoms with Gasteiger partial charge in [-0.2, -0.15) is 4.31 Å². The van der Waals surface area contributed by atoms with Crippen molar-refractivity contribution in [3.8, 4) is 11.5 Å². The molecule has 2 aromatic rings. The summed E-state index contributed by atoms with van der Waals surface area (Å²) >= 11 is 0. The van der Waals surface area contributed by atoms with Crippen molar-refractivity contribution in [3.05, 3.63) is 53.8 Å². The van der Waals surface area contributed by atoms with Crippen LogP contribution in [0, 0.1) is 5.82 Å². The third-order valence-corrected chi connectivity index (χ3v) is 6.33. The van der Waals surface area contributed by atoms with Crippen molar-refractivity contribution >= 4 is 22.4 Å². The summed E-state index contributed by atoms with van der Waals surface area (Å²) in [7, 11) is -1.01. The summed E-state index contributed by atoms with van der Waals surface area (Å²) in [6.07, 6.45) is 0. The second-order valence-electron chi connectivity index (χ2n) is 5.87. The van der Waals surface area contributed by atoms with E-state index >= 15 is 0 Å². The van der Waals surface area contributed by atoms with E-state index in [4.69, 9.17) is 9.47 Å². The maximum absolute atomic E-state index is 14.0. The van der Waals surface area contributed by atoms with Crippen LogP contribution in [0.15, 0.2) is 47.4 Å². The molecule has 3 rings (SSSR count). The van der Waals surface area contributed by atoms with Gasteiger partial charge in [-0.15, -0.1) is 12.4 Å². The lowest BCUT2D eigenvalue weighted by Crippen LogP contribution is -2.48. The summed E-state index contributed by atoms with van der Waals surface area (Å²) in [5.74, 6) is -0.0922. The molecule has 0 aliphatic carbocycles. The minimum Gasteiger partial charge on any atom is -0.496 e. The molecule has 1 atom stereocenters. The molecule has 0 saturated carbocycles. The number of hydrogen-bond acceptors (Lipinski definition) is 5. The average molecular weight is 417 g/mol. The fourth-order valence-corrected chi connectivity index (χ4v) is 4.74. The highest BCUT2D eigenvalue weighted by Gasteiger charge is 2.36. The molecule has 1 aliphatic rings. The molecule has 1 N–H and O–H groups in total. The van der Waals surface area contributed by atoms with Gasteiger partial charge in [-0.05, 0) is 24.3 Å². The Balaban J connectivity index is 0.00000261. The molecule has 27 heavy (non-hydrogen) atoms. The highest BCUT2D eigenvalue weighted by atomic mass is 35.5. The summed E-state index contributed by atoms with van der Waals surface area (Å²) in [6.45, 7) is 1.24. The van der Waals surface area contributed by atoms with Gasteiger partial charge in [-0.3, -0.25) is 0 Å². The van der Waals surface area contributed by atoms with Crippen LogP contribution < -0.4 is 14.8 Å². The number of nitrogens with one attached hydrogen (secondary N) is 1. The van der Waals surface area contributed by atoms with E-state index in [9.17, 15) is 12.8 Å². The van der Waals surface area contributed by atoms with Gasteiger partial charge >= 0.3 is 0 Å². The number of ether oxygens (including phenoxy) is 2. The van der Waals surface area contributed by atoms with Gasteiger partial charge in [0.25, 0.3) is 0 Å². The summed E-state index contributed by atoms with van der Waals surface area (Å²) in [6, 6.07) is 10.5. The number of methoxy groups -OCH3 is 2. The molecule has 0 amide bonds. The molecular weight excluding hydrogens is 395 g/mol. The molecule has 2 aromatic carbocycles. The summed E-state index contributed by atoms with van der Waals surface area (Å²) in [5.41, 5.74) is 0.764. The zero-order valence-electron chi connectivity index (χ0n) is 15.0. The van der Waals surface area contributed by atoms with E-state index in [1.54, 1.807) is 13.2 Å². The minimum atomic E-state index is -3.89. The smallest absolute Gasteiger partial charge is 0.243 e. The van der Waals surface area contributed by atoms with Crippen LogP contribution in [0.25, 0.3) is 0 Å². The van der Waals surface area contributed by atoms with Gasteiger partial charge in [0.2, 0.25) is 10.0 Å². The first kappa shape index (κ1) is 21.4. The average Bonchev–Trinajstić information content (AvgIpc) is 2.67. The zero-order chi connectivity index (χ0) is 18.7. The van der Waals surface area contributed by atoms with E-state index < -0.39 is 21.9 Å². The summed E-state index contributed by atoms with van der Waals surface area (Å²) in [5, 5.41) is 3.21. The van der Waals surface area contributed by atoms with Crippen LogP contribution in [0.2, 0.25) is 0 Å². The van der Waals surface area contributed by atoms with Gasteiger partial charge in [0.15, 0.2) is 11.6 Å². The molecule has 0 bridgehead atoms. The SMILES string of the molecule is COc1ccc(S(=O)(=O)N2CCNCC2c2ccccc2OC)cc1F.Cl. The van der Waals surface area contributed by atoms with Gasteiger partial charge in [-0.1, -0.05) is 18.2 Å². The van der Waals surface area contributed by atoms with Gasteiger partial charge in [0.1, 0.15) is 5.75 Å². The van der Waals surface area contributed by atoms with Gasteiger partial charge in [0.05, 0.1) is 25.2 Å². The van der Waals surface area contributed by atoms with Crippen LogP contribution in [0.4, 0.5) is 4.39 Å². The summed E-state index contributed by atoms with van der Waals surface area (Å²) in [4.78, 5) is -0.0994. The Hall–Kier alpha value is -1.87. The second-order valence-corrected chi connectivity index (χ2v) is 7.76. The lowest BCUT2D eigenvalue weighted by atomic mass is 10.0. The maximum Gasteiger partial charge on any atom is 0.243 e. The number of piperazine rings is 1. The fourth-order valence-electron chi connectivity index (χ4n) is 3.12. The quantitative estimate of drug-likeness (QED) is 0.811. The Bertz CT molecular complexity index is 895. The van der Waals surface area contributed by atoms with Crippen LogP contribution in [0.5, 0.6) is 11.5 Å². The first-order chi connectivity index (χ1) is 12.5. The number of hydrogen-bond donors (Lipinski definition) is 1. The number of halogens is 2. The predicted molar refractivity (Wildman–Crippen MR) is 103 cm³/mol. The van der Waals surface area contributed by atoms with Crippen molar-refractivity contribution in [2.24, 2.45) is 0 Å². The van der Waals surface area contributed by atoms with Gasteiger partial charge < -0.3 is 14.8 Å². The standard InChI is InChI=1S/C18H21FN2O4S.ClH/c1-24-17-6-4-3-5-14(17)16-12-20-9-10-21(16)26(22,23)13-7-8-18(25-2)15(19)11-13;/h3-8,11,16,20H,9-10,12H2,1-2H3;1H. The van der Waals surface area contributed by atoms with Crippen molar-refractivity contribution in [2.45, 2.75) is 10.9 Å². The van der Waals surface area contributed by atoms with E-state index in [0.29, 0.717) is 18.8 Å². The van der Waals surface area contributed by atoms with Crippen molar-refractivity contribution in [2.75, 3.05) is 33.9 Å². The van der Waals surface area contributed by atoms with Crippen molar-refractivity contribution in [1.82, 2.24) is 9.62 Å². The fraction of sp³-hybridized carbons (Fsp3) is 0.333. The molecule has 1 fully saturated rings. The molecule has 1 unspecified atom stereocenters. The zero-order valence-corrected chi connectivity index (χ0v) is 16.6. The topological polar surface area (TPSA) is 67.9 Å². The van der Waals surface area contributed by atoms with E-state index in [1.807, 2.05) is 18.2 Å². The van der Waals surface area contributed by atoms with Crippen LogP contribution in [-0.4, -0.2) is 46.6 Å². The normalized spacial score (nSPS) is 17.8. The number of para-hydroxylation sites is 1. The molecule has 1 heterocycles. The molecule has 6 nitrogen and oxygen atoms in total. The van der Waals surface area contributed by atoms with Crippen LogP contribution in [0.3, 0.4) is 0 Å². The van der Waals surface area contributed by atoms with Crippen LogP contribution in [0.1, 0.15) is 11.6 Å². The molecule has 148 valence electrons. The Morgan fingerprint density at radius 1 is 1.11 bits per heavy atom. The number of rotatable bonds is 5. The molecule has 0 aromatic heterocycles. The molecular formula is C18H22ClFN2O4S. The first-order valence-electron chi connectivity index (χ1n) is 8.18. The Morgan fingerprint density at radius 3 is 2.48 bits per heavy atom. The lowest BCUT2D eigenvalue weighted by Gasteiger charge is -2.36. The molecule has 0 radical (unpaired) electrons. The Kier molecular flexibility index (Phi) is 7.05. The van der Waals surface area contributed by atoms with Gasteiger partial charge in [0, 0.05) is 25.2 Å². The van der Waals surface area contributed by atoms with E-state index in [2.05, 4.69) is 5.32 Å². The van der Waals surface area contributed by atoms with Crippen molar-refractivity contribution in [3.63, 3.8) is 0 Å². The van der Waals surface area contributed by atoms with Gasteiger partial charge in [-0.25, -0.2) is 12.8 Å². The highest BCUT2D eigenvalue weighted by molar-refractivity contribution is 7.89. The highest BCUT2D eigenvalue weighted by Crippen LogP contribution is 2.34. The minimum absolute atomic E-state index is 0. The van der Waals surface area contributed by atoms with Crippen molar-refractivity contribution < 1.29 is 22.3 Å². The largest absolute Gasteiger partial charge is 0.496 e. The molecule has 1 saturated heterocycles. The summed E-state index contributed by atoms with van der Waals surface area (Å²) < 4.78 is 52.0. The number of sulfonamides is 1. The molecule has 9 heteroatoms. The Labute approximate surface area is 164 Å².